The molecule has 1 aliphatic heterocycles. The molecule has 1 aromatic carbocycles. The Labute approximate surface area is 151 Å². The zero-order valence-electron chi connectivity index (χ0n) is 14.6. The number of imide groups is 1. The van der Waals surface area contributed by atoms with Gasteiger partial charge in [0.05, 0.1) is 24.3 Å². The van der Waals surface area contributed by atoms with Crippen LogP contribution >= 0.6 is 0 Å². The quantitative estimate of drug-likeness (QED) is 0.423. The summed E-state index contributed by atoms with van der Waals surface area (Å²) in [7, 11) is 1.55. The number of nitrogens with zero attached hydrogens (tertiary/aromatic N) is 2. The van der Waals surface area contributed by atoms with E-state index in [0.29, 0.717) is 24.3 Å². The lowest BCUT2D eigenvalue weighted by atomic mass is 10.1. The van der Waals surface area contributed by atoms with Gasteiger partial charge >= 0.3 is 6.03 Å². The van der Waals surface area contributed by atoms with E-state index in [1.165, 1.54) is 28.0 Å². The van der Waals surface area contributed by atoms with Crippen LogP contribution in [0.2, 0.25) is 0 Å². The topological polar surface area (TPSA) is 119 Å². The van der Waals surface area contributed by atoms with Crippen molar-refractivity contribution in [3.05, 3.63) is 29.3 Å². The van der Waals surface area contributed by atoms with Crippen molar-refractivity contribution in [1.82, 2.24) is 9.80 Å². The van der Waals surface area contributed by atoms with Crippen LogP contribution in [0.3, 0.4) is 0 Å². The lowest BCUT2D eigenvalue weighted by Gasteiger charge is -2.21. The third-order valence-corrected chi connectivity index (χ3v) is 3.98. The summed E-state index contributed by atoms with van der Waals surface area (Å²) in [5.74, 6) is -0.763. The molecule has 0 aliphatic carbocycles. The summed E-state index contributed by atoms with van der Waals surface area (Å²) >= 11 is 0. The molecule has 1 aromatic rings. The number of urea groups is 1. The van der Waals surface area contributed by atoms with E-state index in [1.807, 2.05) is 0 Å². The summed E-state index contributed by atoms with van der Waals surface area (Å²) in [5, 5.41) is 20.6. The molecule has 1 aliphatic rings. The van der Waals surface area contributed by atoms with Gasteiger partial charge in [-0.1, -0.05) is 0 Å². The second kappa shape index (κ2) is 9.27. The van der Waals surface area contributed by atoms with E-state index in [9.17, 15) is 14.4 Å². The monoisotopic (exact) mass is 365 g/mol. The highest BCUT2D eigenvalue weighted by Gasteiger charge is 2.35. The van der Waals surface area contributed by atoms with Gasteiger partial charge in [-0.25, -0.2) is 4.79 Å². The van der Waals surface area contributed by atoms with Crippen LogP contribution in [0.25, 0.3) is 0 Å². The van der Waals surface area contributed by atoms with Crippen molar-refractivity contribution in [3.8, 4) is 0 Å². The first-order valence-corrected chi connectivity index (χ1v) is 8.30. The number of aliphatic hydroxyl groups is 2. The van der Waals surface area contributed by atoms with Crippen molar-refractivity contribution in [2.45, 2.75) is 6.42 Å². The van der Waals surface area contributed by atoms with Crippen LogP contribution in [0.15, 0.2) is 18.2 Å². The molecular weight excluding hydrogens is 342 g/mol. The average molecular weight is 365 g/mol. The fourth-order valence-electron chi connectivity index (χ4n) is 2.70. The first-order chi connectivity index (χ1) is 12.5. The van der Waals surface area contributed by atoms with E-state index in [0.717, 1.165) is 0 Å². The molecule has 0 atom stereocenters. The molecule has 0 fully saturated rings. The van der Waals surface area contributed by atoms with Crippen LogP contribution in [0.1, 0.15) is 27.1 Å². The Morgan fingerprint density at radius 2 is 1.81 bits per heavy atom. The zero-order chi connectivity index (χ0) is 19.1. The number of nitrogens with one attached hydrogen (secondary N) is 1. The minimum absolute atomic E-state index is 0.0715. The molecule has 2 rings (SSSR count). The highest BCUT2D eigenvalue weighted by molar-refractivity contribution is 6.21. The predicted octanol–water partition coefficient (Wildman–Crippen LogP) is 0.138. The largest absolute Gasteiger partial charge is 0.395 e. The van der Waals surface area contributed by atoms with E-state index >= 15 is 0 Å². The molecule has 0 unspecified atom stereocenters. The average Bonchev–Trinajstić information content (AvgIpc) is 2.86. The number of anilines is 1. The number of amides is 4. The molecule has 9 heteroatoms. The predicted molar refractivity (Wildman–Crippen MR) is 93.1 cm³/mol. The first kappa shape index (κ1) is 19.8. The Morgan fingerprint density at radius 1 is 1.15 bits per heavy atom. The summed E-state index contributed by atoms with van der Waals surface area (Å²) < 4.78 is 4.94. The van der Waals surface area contributed by atoms with Gasteiger partial charge in [-0.3, -0.25) is 14.5 Å². The molecule has 3 N–H and O–H groups in total. The standard InChI is InChI=1S/C17H23N3O6/c1-26-10-2-5-20-15(23)13-4-3-12(11-14(13)16(20)24)18-17(25)19(6-8-21)7-9-22/h3-4,11,21-22H,2,5-10H2,1H3,(H,18,25). The third-order valence-electron chi connectivity index (χ3n) is 3.98. The van der Waals surface area contributed by atoms with Crippen molar-refractivity contribution in [1.29, 1.82) is 0 Å². The van der Waals surface area contributed by atoms with Crippen molar-refractivity contribution in [2.75, 3.05) is 51.9 Å². The van der Waals surface area contributed by atoms with Crippen LogP contribution < -0.4 is 5.32 Å². The Balaban J connectivity index is 2.11. The van der Waals surface area contributed by atoms with Crippen molar-refractivity contribution >= 4 is 23.5 Å². The number of benzene rings is 1. The summed E-state index contributed by atoms with van der Waals surface area (Å²) in [5.41, 5.74) is 0.892. The maximum absolute atomic E-state index is 12.5. The SMILES string of the molecule is COCCCN1C(=O)c2ccc(NC(=O)N(CCO)CCO)cc2C1=O. The third kappa shape index (κ3) is 4.37. The van der Waals surface area contributed by atoms with Crippen molar-refractivity contribution < 1.29 is 29.3 Å². The highest BCUT2D eigenvalue weighted by atomic mass is 16.5. The minimum atomic E-state index is -0.512. The number of hydrogen-bond acceptors (Lipinski definition) is 6. The van der Waals surface area contributed by atoms with E-state index < -0.39 is 11.9 Å². The number of hydrogen-bond donors (Lipinski definition) is 3. The Morgan fingerprint density at radius 3 is 2.42 bits per heavy atom. The van der Waals surface area contributed by atoms with Gasteiger partial charge < -0.3 is 25.2 Å². The molecular formula is C17H23N3O6. The van der Waals surface area contributed by atoms with Gasteiger partial charge in [0.1, 0.15) is 0 Å². The highest BCUT2D eigenvalue weighted by Crippen LogP contribution is 2.26. The minimum Gasteiger partial charge on any atom is -0.395 e. The van der Waals surface area contributed by atoms with Gasteiger partial charge in [-0.15, -0.1) is 0 Å². The maximum Gasteiger partial charge on any atom is 0.321 e. The number of carbonyl (C=O) groups excluding carboxylic acids is 3. The number of aliphatic hydroxyl groups excluding tert-OH is 2. The lowest BCUT2D eigenvalue weighted by Crippen LogP contribution is -2.39. The van der Waals surface area contributed by atoms with E-state index in [1.54, 1.807) is 7.11 Å². The molecule has 0 bridgehead atoms. The molecule has 0 saturated heterocycles. The number of methoxy groups -OCH3 is 1. The Kier molecular flexibility index (Phi) is 7.07. The molecule has 0 aromatic heterocycles. The lowest BCUT2D eigenvalue weighted by molar-refractivity contribution is 0.0638. The number of carbonyl (C=O) groups is 3. The van der Waals surface area contributed by atoms with Gasteiger partial charge in [0.15, 0.2) is 0 Å². The zero-order valence-corrected chi connectivity index (χ0v) is 14.6. The van der Waals surface area contributed by atoms with Gasteiger partial charge in [0, 0.05) is 39.0 Å². The fraction of sp³-hybridized carbons (Fsp3) is 0.471. The van der Waals surface area contributed by atoms with Crippen LogP contribution in [-0.4, -0.2) is 84.4 Å². The summed E-state index contributed by atoms with van der Waals surface area (Å²) in [6.45, 7) is 0.384. The van der Waals surface area contributed by atoms with E-state index in [4.69, 9.17) is 14.9 Å². The molecule has 4 amide bonds. The Hall–Kier alpha value is -2.49. The number of fused-ring (bicyclic) bond motifs is 1. The van der Waals surface area contributed by atoms with E-state index in [2.05, 4.69) is 5.32 Å². The first-order valence-electron chi connectivity index (χ1n) is 8.30. The molecule has 142 valence electrons. The van der Waals surface area contributed by atoms with Gasteiger partial charge in [0.2, 0.25) is 0 Å². The smallest absolute Gasteiger partial charge is 0.321 e. The van der Waals surface area contributed by atoms with Gasteiger partial charge in [0.25, 0.3) is 11.8 Å². The van der Waals surface area contributed by atoms with Crippen LogP contribution in [0.4, 0.5) is 10.5 Å². The molecule has 0 radical (unpaired) electrons. The van der Waals surface area contributed by atoms with Crippen LogP contribution in [0.5, 0.6) is 0 Å². The maximum atomic E-state index is 12.5. The summed E-state index contributed by atoms with van der Waals surface area (Å²) in [6.07, 6.45) is 0.544. The van der Waals surface area contributed by atoms with Crippen molar-refractivity contribution in [2.24, 2.45) is 0 Å². The van der Waals surface area contributed by atoms with Gasteiger partial charge in [-0.05, 0) is 24.6 Å². The number of rotatable bonds is 9. The molecule has 1 heterocycles. The number of ether oxygens (including phenoxy) is 1. The fourth-order valence-corrected chi connectivity index (χ4v) is 2.70. The molecule has 0 spiro atoms. The van der Waals surface area contributed by atoms with E-state index in [-0.39, 0.29) is 44.3 Å². The molecule has 9 nitrogen and oxygen atoms in total. The normalized spacial score (nSPS) is 13.1. The Bertz CT molecular complexity index is 672. The molecule has 26 heavy (non-hydrogen) atoms. The van der Waals surface area contributed by atoms with Crippen LogP contribution in [0, 0.1) is 0 Å². The van der Waals surface area contributed by atoms with Crippen molar-refractivity contribution in [3.63, 3.8) is 0 Å². The second-order valence-electron chi connectivity index (χ2n) is 5.73. The summed E-state index contributed by atoms with van der Waals surface area (Å²) in [6, 6.07) is 3.99. The van der Waals surface area contributed by atoms with Gasteiger partial charge in [-0.2, -0.15) is 0 Å². The second-order valence-corrected chi connectivity index (χ2v) is 5.73. The summed E-state index contributed by atoms with van der Waals surface area (Å²) in [4.78, 5) is 39.4. The molecule has 0 saturated carbocycles. The van der Waals surface area contributed by atoms with Crippen LogP contribution in [-0.2, 0) is 4.74 Å².